The van der Waals surface area contributed by atoms with Crippen molar-refractivity contribution in [1.29, 1.82) is 0 Å². The molecule has 0 aliphatic rings. The lowest BCUT2D eigenvalue weighted by Gasteiger charge is -1.99. The second-order valence-electron chi connectivity index (χ2n) is 5.22. The van der Waals surface area contributed by atoms with Crippen molar-refractivity contribution in [2.24, 2.45) is 0 Å². The molecule has 3 aromatic rings. The number of H-pyrrole nitrogens is 1. The highest BCUT2D eigenvalue weighted by atomic mass is 16.1. The molecule has 3 heteroatoms. The van der Waals surface area contributed by atoms with Gasteiger partial charge in [-0.3, -0.25) is 4.79 Å². The number of carbonyl (C=O) groups is 1. The number of nitrogens with one attached hydrogen (secondary N) is 1. The molecule has 0 unspecified atom stereocenters. The van der Waals surface area contributed by atoms with E-state index in [0.29, 0.717) is 5.56 Å². The molecule has 3 rings (SSSR count). The number of hydrogen-bond donors (Lipinski definition) is 1. The van der Waals surface area contributed by atoms with Crippen LogP contribution in [0.4, 0.5) is 0 Å². The van der Waals surface area contributed by atoms with Gasteiger partial charge in [-0.2, -0.15) is 0 Å². The van der Waals surface area contributed by atoms with Crippen LogP contribution in [0, 0.1) is 13.8 Å². The van der Waals surface area contributed by atoms with Crippen LogP contribution in [0.2, 0.25) is 0 Å². The average molecular weight is 264 g/mol. The van der Waals surface area contributed by atoms with Crippen molar-refractivity contribution >= 4 is 16.8 Å². The molecular weight excluding hydrogens is 248 g/mol. The van der Waals surface area contributed by atoms with Gasteiger partial charge in [0, 0.05) is 11.1 Å². The van der Waals surface area contributed by atoms with Crippen molar-refractivity contribution in [2.75, 3.05) is 0 Å². The number of rotatable bonds is 2. The quantitative estimate of drug-likeness (QED) is 0.710. The Kier molecular flexibility index (Phi) is 2.90. The van der Waals surface area contributed by atoms with Crippen LogP contribution in [-0.2, 0) is 0 Å². The number of fused-ring (bicyclic) bond motifs is 1. The summed E-state index contributed by atoms with van der Waals surface area (Å²) in [5.41, 5.74) is 5.63. The number of aromatic amines is 1. The standard InChI is InChI=1S/C17H16N2O/c1-10-4-6-13(7-5-10)17-18-15-9-11(2)8-14(12(3)20)16(15)19-17/h4-9H,1-3H3,(H,18,19). The molecule has 0 atom stereocenters. The van der Waals surface area contributed by atoms with Gasteiger partial charge in [-0.05, 0) is 38.5 Å². The molecule has 0 saturated heterocycles. The van der Waals surface area contributed by atoms with E-state index in [0.717, 1.165) is 28.0 Å². The van der Waals surface area contributed by atoms with Gasteiger partial charge in [-0.15, -0.1) is 0 Å². The highest BCUT2D eigenvalue weighted by molar-refractivity contribution is 6.05. The summed E-state index contributed by atoms with van der Waals surface area (Å²) in [6, 6.07) is 12.1. The van der Waals surface area contributed by atoms with Crippen LogP contribution < -0.4 is 0 Å². The number of hydrogen-bond acceptors (Lipinski definition) is 2. The van der Waals surface area contributed by atoms with E-state index in [4.69, 9.17) is 0 Å². The fraction of sp³-hybridized carbons (Fsp3) is 0.176. The zero-order valence-electron chi connectivity index (χ0n) is 11.8. The Bertz CT molecular complexity index is 798. The van der Waals surface area contributed by atoms with Crippen LogP contribution in [0.5, 0.6) is 0 Å². The number of ketones is 1. The fourth-order valence-electron chi connectivity index (χ4n) is 2.38. The van der Waals surface area contributed by atoms with Gasteiger partial charge >= 0.3 is 0 Å². The maximum Gasteiger partial charge on any atom is 0.162 e. The number of imidazole rings is 1. The molecular formula is C17H16N2O. The van der Waals surface area contributed by atoms with Crippen LogP contribution in [0.25, 0.3) is 22.4 Å². The number of nitrogens with zero attached hydrogens (tertiary/aromatic N) is 1. The maximum absolute atomic E-state index is 11.7. The van der Waals surface area contributed by atoms with Gasteiger partial charge in [0.1, 0.15) is 5.82 Å². The Labute approximate surface area is 117 Å². The summed E-state index contributed by atoms with van der Waals surface area (Å²) in [5, 5.41) is 0. The Hall–Kier alpha value is -2.42. The van der Waals surface area contributed by atoms with Crippen LogP contribution >= 0.6 is 0 Å². The number of carbonyl (C=O) groups excluding carboxylic acids is 1. The lowest BCUT2D eigenvalue weighted by Crippen LogP contribution is -1.94. The largest absolute Gasteiger partial charge is 0.338 e. The lowest BCUT2D eigenvalue weighted by atomic mass is 10.1. The van der Waals surface area contributed by atoms with E-state index < -0.39 is 0 Å². The number of Topliss-reactive ketones (excluding diaryl/α,β-unsaturated/α-hetero) is 1. The third-order valence-corrected chi connectivity index (χ3v) is 3.44. The van der Waals surface area contributed by atoms with E-state index in [1.54, 1.807) is 6.92 Å². The summed E-state index contributed by atoms with van der Waals surface area (Å²) in [4.78, 5) is 19.7. The van der Waals surface area contributed by atoms with Crippen LogP contribution in [0.1, 0.15) is 28.4 Å². The first-order valence-corrected chi connectivity index (χ1v) is 6.63. The Morgan fingerprint density at radius 3 is 2.40 bits per heavy atom. The molecule has 0 bridgehead atoms. The molecule has 20 heavy (non-hydrogen) atoms. The molecule has 0 amide bonds. The highest BCUT2D eigenvalue weighted by Gasteiger charge is 2.12. The van der Waals surface area contributed by atoms with Gasteiger partial charge in [-0.1, -0.05) is 29.8 Å². The number of benzene rings is 2. The zero-order chi connectivity index (χ0) is 14.3. The third kappa shape index (κ3) is 2.11. The minimum atomic E-state index is 0.0423. The van der Waals surface area contributed by atoms with Gasteiger partial charge < -0.3 is 4.98 Å². The molecule has 0 saturated carbocycles. The smallest absolute Gasteiger partial charge is 0.162 e. The first-order chi connectivity index (χ1) is 9.54. The van der Waals surface area contributed by atoms with E-state index in [-0.39, 0.29) is 5.78 Å². The third-order valence-electron chi connectivity index (χ3n) is 3.44. The summed E-state index contributed by atoms with van der Waals surface area (Å²) in [6.07, 6.45) is 0. The van der Waals surface area contributed by atoms with Gasteiger partial charge in [-0.25, -0.2) is 4.98 Å². The second-order valence-corrected chi connectivity index (χ2v) is 5.22. The molecule has 1 aromatic heterocycles. The van der Waals surface area contributed by atoms with Crippen LogP contribution in [0.15, 0.2) is 36.4 Å². The molecule has 0 radical (unpaired) electrons. The first kappa shape index (κ1) is 12.6. The number of aryl methyl sites for hydroxylation is 2. The van der Waals surface area contributed by atoms with Crippen LogP contribution in [-0.4, -0.2) is 15.8 Å². The average Bonchev–Trinajstić information content (AvgIpc) is 2.81. The molecule has 1 heterocycles. The molecule has 0 fully saturated rings. The first-order valence-electron chi connectivity index (χ1n) is 6.63. The summed E-state index contributed by atoms with van der Waals surface area (Å²) in [6.45, 7) is 5.62. The van der Waals surface area contributed by atoms with Gasteiger partial charge in [0.15, 0.2) is 5.78 Å². The van der Waals surface area contributed by atoms with Crippen molar-refractivity contribution < 1.29 is 4.79 Å². The Morgan fingerprint density at radius 1 is 1.05 bits per heavy atom. The normalized spacial score (nSPS) is 10.9. The number of aromatic nitrogens is 2. The van der Waals surface area contributed by atoms with Crippen molar-refractivity contribution in [3.63, 3.8) is 0 Å². The van der Waals surface area contributed by atoms with Crippen molar-refractivity contribution in [3.05, 3.63) is 53.1 Å². The van der Waals surface area contributed by atoms with Gasteiger partial charge in [0.2, 0.25) is 0 Å². The van der Waals surface area contributed by atoms with E-state index in [2.05, 4.69) is 29.0 Å². The predicted molar refractivity (Wildman–Crippen MR) is 81.0 cm³/mol. The Balaban J connectivity index is 2.22. The molecule has 2 aromatic carbocycles. The molecule has 100 valence electrons. The van der Waals surface area contributed by atoms with E-state index >= 15 is 0 Å². The molecule has 3 nitrogen and oxygen atoms in total. The predicted octanol–water partition coefficient (Wildman–Crippen LogP) is 4.05. The fourth-order valence-corrected chi connectivity index (χ4v) is 2.38. The topological polar surface area (TPSA) is 45.8 Å². The summed E-state index contributed by atoms with van der Waals surface area (Å²) < 4.78 is 0. The van der Waals surface area contributed by atoms with Crippen molar-refractivity contribution in [3.8, 4) is 11.4 Å². The van der Waals surface area contributed by atoms with Crippen LogP contribution in [0.3, 0.4) is 0 Å². The molecule has 0 spiro atoms. The van der Waals surface area contributed by atoms with E-state index in [9.17, 15) is 4.79 Å². The molecule has 0 aliphatic heterocycles. The highest BCUT2D eigenvalue weighted by Crippen LogP contribution is 2.24. The second kappa shape index (κ2) is 4.60. The summed E-state index contributed by atoms with van der Waals surface area (Å²) >= 11 is 0. The Morgan fingerprint density at radius 2 is 1.75 bits per heavy atom. The van der Waals surface area contributed by atoms with E-state index in [1.165, 1.54) is 5.56 Å². The summed E-state index contributed by atoms with van der Waals surface area (Å²) in [7, 11) is 0. The van der Waals surface area contributed by atoms with Gasteiger partial charge in [0.05, 0.1) is 11.0 Å². The minimum absolute atomic E-state index is 0.0423. The zero-order valence-corrected chi connectivity index (χ0v) is 11.8. The SMILES string of the molecule is CC(=O)c1cc(C)cc2[nH]c(-c3ccc(C)cc3)nc12. The monoisotopic (exact) mass is 264 g/mol. The molecule has 0 aliphatic carbocycles. The van der Waals surface area contributed by atoms with Crippen molar-refractivity contribution in [2.45, 2.75) is 20.8 Å². The molecule has 1 N–H and O–H groups in total. The lowest BCUT2D eigenvalue weighted by molar-refractivity contribution is 0.101. The maximum atomic E-state index is 11.7. The van der Waals surface area contributed by atoms with E-state index in [1.807, 2.05) is 31.2 Å². The minimum Gasteiger partial charge on any atom is -0.338 e. The summed E-state index contributed by atoms with van der Waals surface area (Å²) in [5.74, 6) is 0.841. The van der Waals surface area contributed by atoms with Crippen molar-refractivity contribution in [1.82, 2.24) is 9.97 Å². The van der Waals surface area contributed by atoms with Gasteiger partial charge in [0.25, 0.3) is 0 Å².